The van der Waals surface area contributed by atoms with Crippen LogP contribution in [-0.2, 0) is 9.16 Å². The average Bonchev–Trinajstić information content (AvgIpc) is 2.54. The van der Waals surface area contributed by atoms with Crippen molar-refractivity contribution < 1.29 is 14.4 Å². The maximum atomic E-state index is 11.1. The van der Waals surface area contributed by atoms with Crippen LogP contribution in [0, 0.1) is 10.1 Å². The molecule has 0 aromatic heterocycles. The Morgan fingerprint density at radius 3 is 2.55 bits per heavy atom. The highest BCUT2D eigenvalue weighted by Crippen LogP contribution is 2.30. The predicted octanol–water partition coefficient (Wildman–Crippen LogP) is 4.26. The number of hydrogen-bond acceptors (Lipinski definition) is 5. The Morgan fingerprint density at radius 2 is 1.95 bits per heavy atom. The lowest BCUT2D eigenvalue weighted by molar-refractivity contribution is -0.383. The van der Waals surface area contributed by atoms with Gasteiger partial charge in [-0.15, -0.1) is 0 Å². The lowest BCUT2D eigenvalue weighted by atomic mass is 10.2. The number of nitro benzene ring substituents is 1. The molecule has 1 N–H and O–H groups in total. The minimum absolute atomic E-state index is 0.0494. The SMILES string of the molecule is COCOc1ccc(Nc2cc(CI)ccc2[N+](=O)[O-])cc1. The van der Waals surface area contributed by atoms with E-state index in [-0.39, 0.29) is 12.5 Å². The van der Waals surface area contributed by atoms with Crippen LogP contribution >= 0.6 is 22.6 Å². The summed E-state index contributed by atoms with van der Waals surface area (Å²) in [5.74, 6) is 0.669. The normalized spacial score (nSPS) is 10.3. The fourth-order valence-electron chi connectivity index (χ4n) is 1.84. The van der Waals surface area contributed by atoms with Crippen molar-refractivity contribution in [2.24, 2.45) is 0 Å². The first kappa shape index (κ1) is 16.5. The first-order chi connectivity index (χ1) is 10.6. The Balaban J connectivity index is 2.20. The van der Waals surface area contributed by atoms with E-state index in [1.807, 2.05) is 0 Å². The van der Waals surface area contributed by atoms with Crippen molar-refractivity contribution in [1.29, 1.82) is 0 Å². The number of nitrogens with one attached hydrogen (secondary N) is 1. The van der Waals surface area contributed by atoms with Crippen molar-refractivity contribution >= 4 is 39.7 Å². The molecule has 7 heteroatoms. The molecule has 0 radical (unpaired) electrons. The van der Waals surface area contributed by atoms with E-state index in [4.69, 9.17) is 9.47 Å². The van der Waals surface area contributed by atoms with Crippen molar-refractivity contribution in [3.05, 3.63) is 58.1 Å². The van der Waals surface area contributed by atoms with Gasteiger partial charge in [0.1, 0.15) is 11.4 Å². The van der Waals surface area contributed by atoms with Crippen LogP contribution in [0.2, 0.25) is 0 Å². The van der Waals surface area contributed by atoms with Crippen LogP contribution in [0.3, 0.4) is 0 Å². The van der Waals surface area contributed by atoms with E-state index in [0.717, 1.165) is 15.7 Å². The van der Waals surface area contributed by atoms with E-state index in [9.17, 15) is 10.1 Å². The van der Waals surface area contributed by atoms with Crippen LogP contribution in [0.1, 0.15) is 5.56 Å². The molecule has 0 fully saturated rings. The number of nitro groups is 1. The topological polar surface area (TPSA) is 73.6 Å². The molecule has 0 atom stereocenters. The van der Waals surface area contributed by atoms with E-state index >= 15 is 0 Å². The Bertz CT molecular complexity index is 646. The number of rotatable bonds is 7. The second kappa shape index (κ2) is 7.95. The van der Waals surface area contributed by atoms with Gasteiger partial charge in [0, 0.05) is 23.3 Å². The van der Waals surface area contributed by atoms with Gasteiger partial charge in [0.25, 0.3) is 5.69 Å². The minimum atomic E-state index is -0.393. The van der Waals surface area contributed by atoms with Gasteiger partial charge in [-0.3, -0.25) is 10.1 Å². The second-order valence-corrected chi connectivity index (χ2v) is 5.21. The van der Waals surface area contributed by atoms with Crippen molar-refractivity contribution in [3.63, 3.8) is 0 Å². The van der Waals surface area contributed by atoms with Gasteiger partial charge in [-0.25, -0.2) is 0 Å². The molecule has 0 aliphatic heterocycles. The molecular weight excluding hydrogens is 399 g/mol. The Hall–Kier alpha value is -1.87. The average molecular weight is 414 g/mol. The number of alkyl halides is 1. The third-order valence-corrected chi connectivity index (χ3v) is 3.77. The molecule has 2 rings (SSSR count). The molecule has 0 aliphatic rings. The van der Waals surface area contributed by atoms with Crippen molar-refractivity contribution in [2.45, 2.75) is 4.43 Å². The van der Waals surface area contributed by atoms with Crippen LogP contribution < -0.4 is 10.1 Å². The van der Waals surface area contributed by atoms with Crippen LogP contribution in [0.15, 0.2) is 42.5 Å². The monoisotopic (exact) mass is 414 g/mol. The minimum Gasteiger partial charge on any atom is -0.468 e. The molecule has 0 heterocycles. The molecule has 6 nitrogen and oxygen atoms in total. The summed E-state index contributed by atoms with van der Waals surface area (Å²) in [6.07, 6.45) is 0. The summed E-state index contributed by atoms with van der Waals surface area (Å²) in [7, 11) is 1.55. The number of anilines is 2. The van der Waals surface area contributed by atoms with Crippen LogP contribution in [0.5, 0.6) is 5.75 Å². The third-order valence-electron chi connectivity index (χ3n) is 2.89. The summed E-state index contributed by atoms with van der Waals surface area (Å²) in [5.41, 5.74) is 2.30. The van der Waals surface area contributed by atoms with Gasteiger partial charge in [0.05, 0.1) is 4.92 Å². The van der Waals surface area contributed by atoms with Crippen molar-refractivity contribution in [2.75, 3.05) is 19.2 Å². The van der Waals surface area contributed by atoms with E-state index in [1.165, 1.54) is 6.07 Å². The molecule has 116 valence electrons. The zero-order chi connectivity index (χ0) is 15.9. The van der Waals surface area contributed by atoms with Gasteiger partial charge < -0.3 is 14.8 Å². The standard InChI is InChI=1S/C15H15IN2O4/c1-21-10-22-13-5-3-12(4-6-13)17-14-8-11(9-16)2-7-15(14)18(19)20/h2-8,17H,9-10H2,1H3. The van der Waals surface area contributed by atoms with Crippen LogP contribution in [0.25, 0.3) is 0 Å². The van der Waals surface area contributed by atoms with E-state index in [2.05, 4.69) is 27.9 Å². The quantitative estimate of drug-likeness (QED) is 0.241. The zero-order valence-corrected chi connectivity index (χ0v) is 14.1. The Labute approximate surface area is 141 Å². The molecule has 0 spiro atoms. The van der Waals surface area contributed by atoms with Crippen LogP contribution in [-0.4, -0.2) is 18.8 Å². The summed E-state index contributed by atoms with van der Waals surface area (Å²) in [6.45, 7) is 0.177. The summed E-state index contributed by atoms with van der Waals surface area (Å²) in [4.78, 5) is 10.7. The molecule has 0 unspecified atom stereocenters. The molecular formula is C15H15IN2O4. The number of benzene rings is 2. The number of halogens is 1. The molecule has 0 saturated heterocycles. The second-order valence-electron chi connectivity index (χ2n) is 4.44. The first-order valence-corrected chi connectivity index (χ1v) is 7.98. The number of ether oxygens (including phenoxy) is 2. The summed E-state index contributed by atoms with van der Waals surface area (Å²) in [6, 6.07) is 12.2. The number of nitrogens with zero attached hydrogens (tertiary/aromatic N) is 1. The lowest BCUT2D eigenvalue weighted by Crippen LogP contribution is -2.00. The molecule has 0 amide bonds. The highest BCUT2D eigenvalue weighted by Gasteiger charge is 2.14. The van der Waals surface area contributed by atoms with E-state index in [0.29, 0.717) is 11.4 Å². The summed E-state index contributed by atoms with van der Waals surface area (Å²) in [5, 5.41) is 14.2. The third kappa shape index (κ3) is 4.31. The highest BCUT2D eigenvalue weighted by atomic mass is 127. The predicted molar refractivity (Wildman–Crippen MR) is 93.0 cm³/mol. The number of hydrogen-bond donors (Lipinski definition) is 1. The Kier molecular flexibility index (Phi) is 5.96. The van der Waals surface area contributed by atoms with Gasteiger partial charge in [0.2, 0.25) is 0 Å². The summed E-state index contributed by atoms with van der Waals surface area (Å²) >= 11 is 2.22. The molecule has 22 heavy (non-hydrogen) atoms. The molecule has 0 aliphatic carbocycles. The fraction of sp³-hybridized carbons (Fsp3) is 0.200. The largest absolute Gasteiger partial charge is 0.468 e. The van der Waals surface area contributed by atoms with Crippen molar-refractivity contribution in [1.82, 2.24) is 0 Å². The van der Waals surface area contributed by atoms with Crippen LogP contribution in [0.4, 0.5) is 17.1 Å². The molecule has 0 bridgehead atoms. The smallest absolute Gasteiger partial charge is 0.292 e. The highest BCUT2D eigenvalue weighted by molar-refractivity contribution is 14.1. The first-order valence-electron chi connectivity index (χ1n) is 6.46. The molecule has 2 aromatic carbocycles. The fourth-order valence-corrected chi connectivity index (χ4v) is 2.32. The van der Waals surface area contributed by atoms with Gasteiger partial charge in [-0.05, 0) is 35.9 Å². The van der Waals surface area contributed by atoms with Gasteiger partial charge >= 0.3 is 0 Å². The maximum Gasteiger partial charge on any atom is 0.292 e. The number of methoxy groups -OCH3 is 1. The Morgan fingerprint density at radius 1 is 1.23 bits per heavy atom. The van der Waals surface area contributed by atoms with Gasteiger partial charge in [-0.2, -0.15) is 0 Å². The lowest BCUT2D eigenvalue weighted by Gasteiger charge is -2.10. The maximum absolute atomic E-state index is 11.1. The van der Waals surface area contributed by atoms with E-state index < -0.39 is 4.92 Å². The summed E-state index contributed by atoms with van der Waals surface area (Å²) < 4.78 is 10.9. The van der Waals surface area contributed by atoms with Gasteiger partial charge in [0.15, 0.2) is 6.79 Å². The van der Waals surface area contributed by atoms with E-state index in [1.54, 1.807) is 43.5 Å². The zero-order valence-electron chi connectivity index (χ0n) is 11.9. The molecule has 0 saturated carbocycles. The van der Waals surface area contributed by atoms with Crippen molar-refractivity contribution in [3.8, 4) is 5.75 Å². The van der Waals surface area contributed by atoms with Gasteiger partial charge in [-0.1, -0.05) is 28.7 Å². The molecule has 2 aromatic rings.